The van der Waals surface area contributed by atoms with E-state index in [1.807, 2.05) is 13.0 Å². The summed E-state index contributed by atoms with van der Waals surface area (Å²) in [5, 5.41) is 9.82. The molecule has 2 rings (SSSR count). The van der Waals surface area contributed by atoms with E-state index >= 15 is 0 Å². The van der Waals surface area contributed by atoms with E-state index < -0.39 is 5.97 Å². The molecule has 0 amide bonds. The van der Waals surface area contributed by atoms with Gasteiger partial charge in [-0.05, 0) is 48.4 Å². The molecule has 1 N–H and O–H groups in total. The van der Waals surface area contributed by atoms with E-state index in [-0.39, 0.29) is 12.2 Å². The third kappa shape index (κ3) is 3.67. The molecule has 0 aromatic heterocycles. The van der Waals surface area contributed by atoms with Crippen molar-refractivity contribution >= 4 is 17.6 Å². The van der Waals surface area contributed by atoms with Gasteiger partial charge >= 0.3 is 5.97 Å². The normalized spacial score (nSPS) is 10.2. The van der Waals surface area contributed by atoms with Crippen molar-refractivity contribution in [3.8, 4) is 11.5 Å². The monoisotopic (exact) mass is 306 g/mol. The first-order valence-corrected chi connectivity index (χ1v) is 6.68. The second-order valence-electron chi connectivity index (χ2n) is 4.54. The Kier molecular flexibility index (Phi) is 4.70. The van der Waals surface area contributed by atoms with Crippen LogP contribution in [0.25, 0.3) is 0 Å². The quantitative estimate of drug-likeness (QED) is 0.909. The maximum atomic E-state index is 11.2. The van der Waals surface area contributed by atoms with Crippen LogP contribution in [-0.2, 0) is 6.61 Å². The van der Waals surface area contributed by atoms with Crippen LogP contribution in [0.5, 0.6) is 11.5 Å². The zero-order valence-electron chi connectivity index (χ0n) is 11.7. The summed E-state index contributed by atoms with van der Waals surface area (Å²) >= 11 is 5.95. The molecule has 0 atom stereocenters. The molecule has 0 aliphatic carbocycles. The van der Waals surface area contributed by atoms with Gasteiger partial charge in [0.25, 0.3) is 0 Å². The molecule has 4 nitrogen and oxygen atoms in total. The largest absolute Gasteiger partial charge is 0.496 e. The van der Waals surface area contributed by atoms with Crippen LogP contribution in [0.1, 0.15) is 21.5 Å². The van der Waals surface area contributed by atoms with Crippen LogP contribution in [0.2, 0.25) is 5.02 Å². The van der Waals surface area contributed by atoms with Gasteiger partial charge in [-0.15, -0.1) is 0 Å². The first-order valence-electron chi connectivity index (χ1n) is 6.30. The van der Waals surface area contributed by atoms with Crippen LogP contribution < -0.4 is 9.47 Å². The zero-order valence-corrected chi connectivity index (χ0v) is 12.5. The van der Waals surface area contributed by atoms with Crippen molar-refractivity contribution in [1.82, 2.24) is 0 Å². The zero-order chi connectivity index (χ0) is 15.4. The number of hydrogen-bond donors (Lipinski definition) is 1. The Labute approximate surface area is 127 Å². The fraction of sp³-hybridized carbons (Fsp3) is 0.188. The van der Waals surface area contributed by atoms with Crippen molar-refractivity contribution in [2.24, 2.45) is 0 Å². The molecule has 0 saturated heterocycles. The summed E-state index contributed by atoms with van der Waals surface area (Å²) in [4.78, 5) is 11.2. The molecule has 0 unspecified atom stereocenters. The van der Waals surface area contributed by atoms with Gasteiger partial charge in [0.15, 0.2) is 0 Å². The Bertz CT molecular complexity index is 667. The average Bonchev–Trinajstić information content (AvgIpc) is 2.48. The summed E-state index contributed by atoms with van der Waals surface area (Å²) in [6.45, 7) is 2.16. The number of aryl methyl sites for hydroxylation is 1. The number of methoxy groups -OCH3 is 1. The van der Waals surface area contributed by atoms with Crippen molar-refractivity contribution in [3.05, 3.63) is 58.1 Å². The van der Waals surface area contributed by atoms with Crippen LogP contribution in [-0.4, -0.2) is 18.2 Å². The second kappa shape index (κ2) is 6.50. The molecule has 0 spiro atoms. The number of carbonyl (C=O) groups is 1. The van der Waals surface area contributed by atoms with Crippen LogP contribution in [0.15, 0.2) is 36.4 Å². The van der Waals surface area contributed by atoms with E-state index in [9.17, 15) is 4.79 Å². The molecule has 0 radical (unpaired) electrons. The van der Waals surface area contributed by atoms with E-state index in [4.69, 9.17) is 26.2 Å². The molecule has 2 aromatic carbocycles. The first-order chi connectivity index (χ1) is 10.0. The summed E-state index contributed by atoms with van der Waals surface area (Å²) in [5.41, 5.74) is 1.79. The molecule has 0 heterocycles. The van der Waals surface area contributed by atoms with Crippen molar-refractivity contribution < 1.29 is 19.4 Å². The molecule has 0 saturated carbocycles. The van der Waals surface area contributed by atoms with Crippen molar-refractivity contribution in [3.63, 3.8) is 0 Å². The number of ether oxygens (including phenoxy) is 2. The fourth-order valence-corrected chi connectivity index (χ4v) is 2.00. The molecular weight excluding hydrogens is 292 g/mol. The highest BCUT2D eigenvalue weighted by Gasteiger charge is 2.11. The minimum Gasteiger partial charge on any atom is -0.496 e. The van der Waals surface area contributed by atoms with Crippen LogP contribution in [0, 0.1) is 6.92 Å². The number of benzene rings is 2. The minimum atomic E-state index is -1.03. The minimum absolute atomic E-state index is 0.117. The number of halogens is 1. The molecule has 2 aromatic rings. The molecule has 21 heavy (non-hydrogen) atoms. The Hall–Kier alpha value is -2.20. The average molecular weight is 307 g/mol. The number of hydrogen-bond acceptors (Lipinski definition) is 3. The summed E-state index contributed by atoms with van der Waals surface area (Å²) in [5.74, 6) is -0.0192. The molecule has 0 fully saturated rings. The van der Waals surface area contributed by atoms with E-state index in [0.717, 1.165) is 11.1 Å². The molecule has 110 valence electrons. The highest BCUT2D eigenvalue weighted by atomic mass is 35.5. The van der Waals surface area contributed by atoms with Gasteiger partial charge in [-0.3, -0.25) is 0 Å². The van der Waals surface area contributed by atoms with E-state index in [1.165, 1.54) is 7.11 Å². The third-order valence-electron chi connectivity index (χ3n) is 3.03. The maximum absolute atomic E-state index is 11.2. The number of aromatic carboxylic acids is 1. The lowest BCUT2D eigenvalue weighted by Gasteiger charge is -2.10. The summed E-state index contributed by atoms with van der Waals surface area (Å²) in [6.07, 6.45) is 0. The standard InChI is InChI=1S/C16H15ClO4/c1-10-7-12(4-5-14(10)17)21-9-11-3-6-15(20-2)13(8-11)16(18)19/h3-8H,9H2,1-2H3,(H,18,19). The second-order valence-corrected chi connectivity index (χ2v) is 4.95. The fourth-order valence-electron chi connectivity index (χ4n) is 1.89. The molecular formula is C16H15ClO4. The topological polar surface area (TPSA) is 55.8 Å². The van der Waals surface area contributed by atoms with E-state index in [1.54, 1.807) is 30.3 Å². The maximum Gasteiger partial charge on any atom is 0.339 e. The van der Waals surface area contributed by atoms with Crippen LogP contribution in [0.3, 0.4) is 0 Å². The Morgan fingerprint density at radius 1 is 1.24 bits per heavy atom. The van der Waals surface area contributed by atoms with Crippen LogP contribution >= 0.6 is 11.6 Å². The predicted molar refractivity (Wildman–Crippen MR) is 80.5 cm³/mol. The smallest absolute Gasteiger partial charge is 0.339 e. The summed E-state index contributed by atoms with van der Waals surface area (Å²) in [6, 6.07) is 10.3. The van der Waals surface area contributed by atoms with Crippen molar-refractivity contribution in [2.75, 3.05) is 7.11 Å². The van der Waals surface area contributed by atoms with E-state index in [2.05, 4.69) is 0 Å². The van der Waals surface area contributed by atoms with Gasteiger partial charge in [-0.2, -0.15) is 0 Å². The van der Waals surface area contributed by atoms with Crippen LogP contribution in [0.4, 0.5) is 0 Å². The number of rotatable bonds is 5. The van der Waals surface area contributed by atoms with Gasteiger partial charge in [-0.1, -0.05) is 17.7 Å². The van der Waals surface area contributed by atoms with Gasteiger partial charge in [0.2, 0.25) is 0 Å². The van der Waals surface area contributed by atoms with Gasteiger partial charge in [0, 0.05) is 5.02 Å². The van der Waals surface area contributed by atoms with Gasteiger partial charge < -0.3 is 14.6 Å². The predicted octanol–water partition coefficient (Wildman–Crippen LogP) is 3.93. The molecule has 5 heteroatoms. The van der Waals surface area contributed by atoms with Gasteiger partial charge in [0.1, 0.15) is 23.7 Å². The Morgan fingerprint density at radius 2 is 2.00 bits per heavy atom. The lowest BCUT2D eigenvalue weighted by Crippen LogP contribution is -2.03. The van der Waals surface area contributed by atoms with Gasteiger partial charge in [0.05, 0.1) is 7.11 Å². The SMILES string of the molecule is COc1ccc(COc2ccc(Cl)c(C)c2)cc1C(=O)O. The summed E-state index contributed by atoms with van der Waals surface area (Å²) in [7, 11) is 1.44. The Balaban J connectivity index is 2.14. The highest BCUT2D eigenvalue weighted by Crippen LogP contribution is 2.23. The highest BCUT2D eigenvalue weighted by molar-refractivity contribution is 6.31. The van der Waals surface area contributed by atoms with E-state index in [0.29, 0.717) is 16.5 Å². The van der Waals surface area contributed by atoms with Crippen molar-refractivity contribution in [1.29, 1.82) is 0 Å². The van der Waals surface area contributed by atoms with Crippen molar-refractivity contribution in [2.45, 2.75) is 13.5 Å². The molecule has 0 aliphatic heterocycles. The molecule has 0 bridgehead atoms. The summed E-state index contributed by atoms with van der Waals surface area (Å²) < 4.78 is 10.7. The first kappa shape index (κ1) is 15.2. The number of carboxylic acids is 1. The third-order valence-corrected chi connectivity index (χ3v) is 3.45. The number of carboxylic acid groups (broad SMARTS) is 1. The van der Waals surface area contributed by atoms with Gasteiger partial charge in [-0.25, -0.2) is 4.79 Å². The molecule has 0 aliphatic rings. The Morgan fingerprint density at radius 3 is 2.62 bits per heavy atom. The lowest BCUT2D eigenvalue weighted by molar-refractivity contribution is 0.0693. The lowest BCUT2D eigenvalue weighted by atomic mass is 10.1.